The first kappa shape index (κ1) is 11.6. The van der Waals surface area contributed by atoms with Crippen LogP contribution in [0.2, 0.25) is 5.15 Å². The number of anilines is 1. The van der Waals surface area contributed by atoms with Crippen molar-refractivity contribution in [2.24, 2.45) is 0 Å². The average Bonchev–Trinajstić information content (AvgIpc) is 2.61. The maximum atomic E-state index is 9.78. The summed E-state index contributed by atoms with van der Waals surface area (Å²) < 4.78 is 5.42. The molecule has 1 saturated heterocycles. The molecule has 6 heteroatoms. The van der Waals surface area contributed by atoms with E-state index in [1.807, 2.05) is 11.8 Å². The number of halogens is 1. The van der Waals surface area contributed by atoms with Gasteiger partial charge in [-0.15, -0.1) is 0 Å². The number of hydrogen-bond acceptors (Lipinski definition) is 5. The number of nitrogens with zero attached hydrogens (tertiary/aromatic N) is 3. The van der Waals surface area contributed by atoms with Crippen LogP contribution in [0.15, 0.2) is 12.4 Å². The summed E-state index contributed by atoms with van der Waals surface area (Å²) in [6.45, 7) is 3.56. The van der Waals surface area contributed by atoms with E-state index in [0.29, 0.717) is 30.7 Å². The molecule has 0 bridgehead atoms. The van der Waals surface area contributed by atoms with Gasteiger partial charge in [-0.3, -0.25) is 0 Å². The number of ether oxygens (including phenoxy) is 1. The SMILES string of the molecule is CCO[C@@H]1CN(c2nccnc2Cl)C[C@H]1O. The minimum Gasteiger partial charge on any atom is -0.388 e. The molecule has 16 heavy (non-hydrogen) atoms. The van der Waals surface area contributed by atoms with E-state index < -0.39 is 6.10 Å². The third-order valence-electron chi connectivity index (χ3n) is 2.55. The molecular formula is C10H14ClN3O2. The Labute approximate surface area is 99.0 Å². The van der Waals surface area contributed by atoms with Crippen LogP contribution < -0.4 is 4.90 Å². The third-order valence-corrected chi connectivity index (χ3v) is 2.82. The Balaban J connectivity index is 2.11. The van der Waals surface area contributed by atoms with Crippen LogP contribution in [-0.4, -0.2) is 47.0 Å². The molecule has 1 aliphatic heterocycles. The first-order valence-corrected chi connectivity index (χ1v) is 5.61. The minimum absolute atomic E-state index is 0.178. The number of rotatable bonds is 3. The summed E-state index contributed by atoms with van der Waals surface area (Å²) in [6, 6.07) is 0. The van der Waals surface area contributed by atoms with Crippen LogP contribution in [0.3, 0.4) is 0 Å². The monoisotopic (exact) mass is 243 g/mol. The quantitative estimate of drug-likeness (QED) is 0.848. The molecule has 0 aromatic carbocycles. The second-order valence-electron chi connectivity index (χ2n) is 3.64. The molecule has 0 unspecified atom stereocenters. The van der Waals surface area contributed by atoms with Gasteiger partial charge in [-0.2, -0.15) is 0 Å². The van der Waals surface area contributed by atoms with E-state index in [2.05, 4.69) is 9.97 Å². The van der Waals surface area contributed by atoms with E-state index in [0.717, 1.165) is 0 Å². The lowest BCUT2D eigenvalue weighted by Gasteiger charge is -2.17. The molecule has 1 aromatic heterocycles. The molecule has 0 radical (unpaired) electrons. The van der Waals surface area contributed by atoms with E-state index in [1.54, 1.807) is 12.4 Å². The van der Waals surface area contributed by atoms with Gasteiger partial charge in [0.15, 0.2) is 11.0 Å². The predicted octanol–water partition coefficient (Wildman–Crippen LogP) is 0.716. The van der Waals surface area contributed by atoms with Gasteiger partial charge in [-0.25, -0.2) is 9.97 Å². The van der Waals surface area contributed by atoms with Crippen molar-refractivity contribution >= 4 is 17.4 Å². The number of hydrogen-bond donors (Lipinski definition) is 1. The van der Waals surface area contributed by atoms with Crippen molar-refractivity contribution in [3.8, 4) is 0 Å². The predicted molar refractivity (Wildman–Crippen MR) is 60.7 cm³/mol. The fraction of sp³-hybridized carbons (Fsp3) is 0.600. The van der Waals surface area contributed by atoms with Crippen LogP contribution in [0.25, 0.3) is 0 Å². The molecule has 0 spiro atoms. The van der Waals surface area contributed by atoms with Crippen LogP contribution in [0.1, 0.15) is 6.92 Å². The maximum absolute atomic E-state index is 9.78. The molecule has 1 N–H and O–H groups in total. The molecule has 1 aliphatic rings. The highest BCUT2D eigenvalue weighted by atomic mass is 35.5. The normalized spacial score (nSPS) is 25.1. The number of β-amino-alcohol motifs (C(OH)–C–C–N with tert-alkyl or cyclic N) is 1. The van der Waals surface area contributed by atoms with Crippen molar-refractivity contribution in [1.29, 1.82) is 0 Å². The zero-order valence-electron chi connectivity index (χ0n) is 9.01. The van der Waals surface area contributed by atoms with Gasteiger partial charge in [0.25, 0.3) is 0 Å². The third kappa shape index (κ3) is 2.26. The molecular weight excluding hydrogens is 230 g/mol. The van der Waals surface area contributed by atoms with Crippen molar-refractivity contribution in [3.05, 3.63) is 17.5 Å². The maximum Gasteiger partial charge on any atom is 0.171 e. The van der Waals surface area contributed by atoms with Gasteiger partial charge in [-0.1, -0.05) is 11.6 Å². The summed E-state index contributed by atoms with van der Waals surface area (Å²) in [4.78, 5) is 10.0. The van der Waals surface area contributed by atoms with Crippen molar-refractivity contribution in [1.82, 2.24) is 9.97 Å². The van der Waals surface area contributed by atoms with Crippen molar-refractivity contribution in [2.75, 3.05) is 24.6 Å². The average molecular weight is 244 g/mol. The second kappa shape index (κ2) is 4.95. The topological polar surface area (TPSA) is 58.5 Å². The highest BCUT2D eigenvalue weighted by Crippen LogP contribution is 2.25. The van der Waals surface area contributed by atoms with Crippen LogP contribution in [0, 0.1) is 0 Å². The highest BCUT2D eigenvalue weighted by molar-refractivity contribution is 6.31. The van der Waals surface area contributed by atoms with Crippen LogP contribution in [-0.2, 0) is 4.74 Å². The first-order chi connectivity index (χ1) is 7.72. The summed E-state index contributed by atoms with van der Waals surface area (Å²) in [5.41, 5.74) is 0. The molecule has 0 aliphatic carbocycles. The second-order valence-corrected chi connectivity index (χ2v) is 3.99. The molecule has 1 fully saturated rings. The van der Waals surface area contributed by atoms with Crippen molar-refractivity contribution in [3.63, 3.8) is 0 Å². The zero-order chi connectivity index (χ0) is 11.5. The summed E-state index contributed by atoms with van der Waals surface area (Å²) in [5, 5.41) is 10.1. The lowest BCUT2D eigenvalue weighted by atomic mass is 10.3. The van der Waals surface area contributed by atoms with Gasteiger partial charge < -0.3 is 14.7 Å². The lowest BCUT2D eigenvalue weighted by Crippen LogP contribution is -2.26. The van der Waals surface area contributed by atoms with E-state index in [4.69, 9.17) is 16.3 Å². The van der Waals surface area contributed by atoms with Gasteiger partial charge in [0.2, 0.25) is 0 Å². The standard InChI is InChI=1S/C10H14ClN3O2/c1-2-16-8-6-14(5-7(8)15)10-9(11)12-3-4-13-10/h3-4,7-8,15H,2,5-6H2,1H3/t7-,8-/m1/s1. The van der Waals surface area contributed by atoms with E-state index in [-0.39, 0.29) is 6.10 Å². The smallest absolute Gasteiger partial charge is 0.171 e. The number of aliphatic hydroxyl groups is 1. The van der Waals surface area contributed by atoms with Gasteiger partial charge in [0.05, 0.1) is 6.10 Å². The summed E-state index contributed by atoms with van der Waals surface area (Å²) in [7, 11) is 0. The Morgan fingerprint density at radius 3 is 2.94 bits per heavy atom. The van der Waals surface area contributed by atoms with Gasteiger partial charge in [0, 0.05) is 32.1 Å². The van der Waals surface area contributed by atoms with Crippen molar-refractivity contribution < 1.29 is 9.84 Å². The van der Waals surface area contributed by atoms with E-state index in [9.17, 15) is 5.11 Å². The highest BCUT2D eigenvalue weighted by Gasteiger charge is 2.33. The Morgan fingerprint density at radius 2 is 2.25 bits per heavy atom. The van der Waals surface area contributed by atoms with E-state index >= 15 is 0 Å². The molecule has 2 rings (SSSR count). The first-order valence-electron chi connectivity index (χ1n) is 5.23. The molecule has 1 aromatic rings. The van der Waals surface area contributed by atoms with Crippen molar-refractivity contribution in [2.45, 2.75) is 19.1 Å². The summed E-state index contributed by atoms with van der Waals surface area (Å²) in [5.74, 6) is 0.602. The van der Waals surface area contributed by atoms with Crippen LogP contribution >= 0.6 is 11.6 Å². The number of aromatic nitrogens is 2. The van der Waals surface area contributed by atoms with Crippen LogP contribution in [0.4, 0.5) is 5.82 Å². The fourth-order valence-electron chi connectivity index (χ4n) is 1.83. The molecule has 0 saturated carbocycles. The fourth-order valence-corrected chi connectivity index (χ4v) is 2.06. The summed E-state index contributed by atoms with van der Waals surface area (Å²) in [6.07, 6.45) is 2.45. The molecule has 0 amide bonds. The lowest BCUT2D eigenvalue weighted by molar-refractivity contribution is -0.00189. The van der Waals surface area contributed by atoms with Gasteiger partial charge in [0.1, 0.15) is 6.10 Å². The zero-order valence-corrected chi connectivity index (χ0v) is 9.76. The Morgan fingerprint density at radius 1 is 1.50 bits per heavy atom. The largest absolute Gasteiger partial charge is 0.388 e. The molecule has 2 heterocycles. The minimum atomic E-state index is -0.502. The van der Waals surface area contributed by atoms with Gasteiger partial charge >= 0.3 is 0 Å². The molecule has 2 atom stereocenters. The Kier molecular flexibility index (Phi) is 3.58. The summed E-state index contributed by atoms with van der Waals surface area (Å²) >= 11 is 5.94. The molecule has 5 nitrogen and oxygen atoms in total. The van der Waals surface area contributed by atoms with Gasteiger partial charge in [-0.05, 0) is 6.92 Å². The number of aliphatic hydroxyl groups excluding tert-OH is 1. The Bertz CT molecular complexity index is 364. The van der Waals surface area contributed by atoms with Crippen LogP contribution in [0.5, 0.6) is 0 Å². The Hall–Kier alpha value is -0.910. The molecule has 88 valence electrons. The van der Waals surface area contributed by atoms with E-state index in [1.165, 1.54) is 0 Å².